The number of anilines is 1. The van der Waals surface area contributed by atoms with Crippen molar-refractivity contribution in [2.24, 2.45) is 0 Å². The lowest BCUT2D eigenvalue weighted by Gasteiger charge is -2.37. The number of benzene rings is 2. The fourth-order valence-corrected chi connectivity index (χ4v) is 5.40. The quantitative estimate of drug-likeness (QED) is 0.613. The summed E-state index contributed by atoms with van der Waals surface area (Å²) < 4.78 is 26.9. The van der Waals surface area contributed by atoms with Gasteiger partial charge >= 0.3 is 0 Å². The van der Waals surface area contributed by atoms with Crippen LogP contribution in [0.2, 0.25) is 5.02 Å². The third-order valence-electron chi connectivity index (χ3n) is 5.20. The first-order chi connectivity index (χ1) is 13.0. The van der Waals surface area contributed by atoms with Gasteiger partial charge in [-0.15, -0.1) is 0 Å². The highest BCUT2D eigenvalue weighted by molar-refractivity contribution is 7.91. The van der Waals surface area contributed by atoms with E-state index in [0.29, 0.717) is 5.02 Å². The van der Waals surface area contributed by atoms with E-state index in [1.165, 1.54) is 6.20 Å². The van der Waals surface area contributed by atoms with E-state index >= 15 is 0 Å². The molecule has 1 saturated heterocycles. The summed E-state index contributed by atoms with van der Waals surface area (Å²) in [4.78, 5) is 7.16. The van der Waals surface area contributed by atoms with Gasteiger partial charge in [-0.25, -0.2) is 8.42 Å². The third-order valence-corrected chi connectivity index (χ3v) is 7.21. The Labute approximate surface area is 164 Å². The Kier molecular flexibility index (Phi) is 4.82. The molecular formula is C21H21ClN2O2S. The van der Waals surface area contributed by atoms with E-state index in [9.17, 15) is 8.42 Å². The maximum Gasteiger partial charge on any atom is 0.210 e. The molecule has 1 aliphatic rings. The first-order valence-corrected chi connectivity index (χ1v) is 11.0. The van der Waals surface area contributed by atoms with Crippen LogP contribution >= 0.6 is 11.6 Å². The molecule has 0 saturated carbocycles. The molecule has 3 aromatic rings. The van der Waals surface area contributed by atoms with Gasteiger partial charge in [-0.2, -0.15) is 0 Å². The third kappa shape index (κ3) is 3.30. The van der Waals surface area contributed by atoms with Crippen LogP contribution in [0.25, 0.3) is 10.9 Å². The monoisotopic (exact) mass is 400 g/mol. The number of halogens is 1. The molecule has 4 nitrogen and oxygen atoms in total. The SMILES string of the molecule is CC1CCCCN1c1c(S(=O)(=O)c2ccccc2)cnc2ccc(Cl)cc12. The van der Waals surface area contributed by atoms with Gasteiger partial charge in [0.15, 0.2) is 0 Å². The zero-order chi connectivity index (χ0) is 19.0. The van der Waals surface area contributed by atoms with Crippen LogP contribution < -0.4 is 4.90 Å². The van der Waals surface area contributed by atoms with E-state index in [0.717, 1.165) is 42.4 Å². The van der Waals surface area contributed by atoms with Crippen molar-refractivity contribution in [2.75, 3.05) is 11.4 Å². The molecule has 1 aliphatic heterocycles. The van der Waals surface area contributed by atoms with E-state index in [4.69, 9.17) is 11.6 Å². The Hall–Kier alpha value is -2.11. The van der Waals surface area contributed by atoms with Crippen LogP contribution in [0.1, 0.15) is 26.2 Å². The minimum atomic E-state index is -3.69. The minimum Gasteiger partial charge on any atom is -0.367 e. The average Bonchev–Trinajstić information content (AvgIpc) is 2.68. The molecular weight excluding hydrogens is 380 g/mol. The Balaban J connectivity index is 2.02. The summed E-state index contributed by atoms with van der Waals surface area (Å²) in [5.74, 6) is 0. The molecule has 1 atom stereocenters. The van der Waals surface area contributed by atoms with Gasteiger partial charge in [0.1, 0.15) is 4.90 Å². The molecule has 2 aromatic carbocycles. The summed E-state index contributed by atoms with van der Waals surface area (Å²) in [6.07, 6.45) is 4.73. The van der Waals surface area contributed by atoms with E-state index in [1.807, 2.05) is 18.2 Å². The molecule has 140 valence electrons. The van der Waals surface area contributed by atoms with Crippen LogP contribution in [0.4, 0.5) is 5.69 Å². The Morgan fingerprint density at radius 1 is 1.11 bits per heavy atom. The van der Waals surface area contributed by atoms with Crippen LogP contribution in [0.15, 0.2) is 64.5 Å². The van der Waals surface area contributed by atoms with Crippen LogP contribution in [0, 0.1) is 0 Å². The molecule has 1 unspecified atom stereocenters. The number of aromatic nitrogens is 1. The van der Waals surface area contributed by atoms with Gasteiger partial charge in [0, 0.05) is 29.2 Å². The largest absolute Gasteiger partial charge is 0.367 e. The average molecular weight is 401 g/mol. The standard InChI is InChI=1S/C21H21ClN2O2S/c1-15-7-5-6-12-24(15)21-18-13-16(22)10-11-19(18)23-14-20(21)27(25,26)17-8-3-2-4-9-17/h2-4,8-11,13-15H,5-7,12H2,1H3. The fourth-order valence-electron chi connectivity index (χ4n) is 3.78. The lowest BCUT2D eigenvalue weighted by molar-refractivity contribution is 0.483. The van der Waals surface area contributed by atoms with Gasteiger partial charge in [0.2, 0.25) is 9.84 Å². The molecule has 6 heteroatoms. The molecule has 0 N–H and O–H groups in total. The molecule has 0 bridgehead atoms. The van der Waals surface area contributed by atoms with Crippen LogP contribution in [-0.4, -0.2) is 26.0 Å². The highest BCUT2D eigenvalue weighted by Gasteiger charge is 2.30. The molecule has 1 aromatic heterocycles. The summed E-state index contributed by atoms with van der Waals surface area (Å²) in [6.45, 7) is 2.97. The smallest absolute Gasteiger partial charge is 0.210 e. The van der Waals surface area contributed by atoms with Crippen LogP contribution in [-0.2, 0) is 9.84 Å². The van der Waals surface area contributed by atoms with E-state index in [2.05, 4.69) is 16.8 Å². The van der Waals surface area contributed by atoms with Crippen LogP contribution in [0.5, 0.6) is 0 Å². The second kappa shape index (κ2) is 7.13. The highest BCUT2D eigenvalue weighted by atomic mass is 35.5. The summed E-state index contributed by atoms with van der Waals surface area (Å²) in [7, 11) is -3.69. The normalized spacial score (nSPS) is 18.0. The highest BCUT2D eigenvalue weighted by Crippen LogP contribution is 2.39. The zero-order valence-electron chi connectivity index (χ0n) is 15.1. The molecule has 4 rings (SSSR count). The number of piperidine rings is 1. The predicted octanol–water partition coefficient (Wildman–Crippen LogP) is 5.10. The Morgan fingerprint density at radius 2 is 1.89 bits per heavy atom. The van der Waals surface area contributed by atoms with Crippen LogP contribution in [0.3, 0.4) is 0 Å². The Morgan fingerprint density at radius 3 is 2.63 bits per heavy atom. The summed E-state index contributed by atoms with van der Waals surface area (Å²) in [5.41, 5.74) is 1.47. The molecule has 0 amide bonds. The number of hydrogen-bond donors (Lipinski definition) is 0. The van der Waals surface area contributed by atoms with E-state index < -0.39 is 9.84 Å². The van der Waals surface area contributed by atoms with Gasteiger partial charge in [0.25, 0.3) is 0 Å². The molecule has 2 heterocycles. The number of hydrogen-bond acceptors (Lipinski definition) is 4. The first-order valence-electron chi connectivity index (χ1n) is 9.13. The molecule has 0 radical (unpaired) electrons. The molecule has 0 aliphatic carbocycles. The molecule has 0 spiro atoms. The van der Waals surface area contributed by atoms with Crippen molar-refractivity contribution < 1.29 is 8.42 Å². The first kappa shape index (κ1) is 18.3. The van der Waals surface area contributed by atoms with Crippen molar-refractivity contribution in [3.05, 3.63) is 59.8 Å². The Bertz CT molecular complexity index is 1080. The van der Waals surface area contributed by atoms with Gasteiger partial charge in [-0.1, -0.05) is 29.8 Å². The second-order valence-corrected chi connectivity index (χ2v) is 9.34. The summed E-state index contributed by atoms with van der Waals surface area (Å²) in [6, 6.07) is 14.2. The second-order valence-electron chi connectivity index (χ2n) is 6.99. The summed E-state index contributed by atoms with van der Waals surface area (Å²) in [5, 5.41) is 1.36. The lowest BCUT2D eigenvalue weighted by Crippen LogP contribution is -2.38. The van der Waals surface area contributed by atoms with Gasteiger partial charge in [-0.05, 0) is 56.5 Å². The zero-order valence-corrected chi connectivity index (χ0v) is 16.7. The topological polar surface area (TPSA) is 50.3 Å². The molecule has 27 heavy (non-hydrogen) atoms. The maximum absolute atomic E-state index is 13.4. The van der Waals surface area contributed by atoms with Crippen molar-refractivity contribution in [3.8, 4) is 0 Å². The van der Waals surface area contributed by atoms with Gasteiger partial charge in [-0.3, -0.25) is 4.98 Å². The van der Waals surface area contributed by atoms with Crippen molar-refractivity contribution in [1.29, 1.82) is 0 Å². The van der Waals surface area contributed by atoms with Gasteiger partial charge in [0.05, 0.1) is 16.1 Å². The number of nitrogens with zero attached hydrogens (tertiary/aromatic N) is 2. The summed E-state index contributed by atoms with van der Waals surface area (Å²) >= 11 is 6.25. The van der Waals surface area contributed by atoms with E-state index in [1.54, 1.807) is 30.3 Å². The predicted molar refractivity (Wildman–Crippen MR) is 109 cm³/mol. The minimum absolute atomic E-state index is 0.247. The number of fused-ring (bicyclic) bond motifs is 1. The maximum atomic E-state index is 13.4. The lowest BCUT2D eigenvalue weighted by atomic mass is 10.0. The van der Waals surface area contributed by atoms with Crippen molar-refractivity contribution in [2.45, 2.75) is 42.0 Å². The molecule has 1 fully saturated rings. The van der Waals surface area contributed by atoms with Crippen molar-refractivity contribution in [3.63, 3.8) is 0 Å². The van der Waals surface area contributed by atoms with E-state index in [-0.39, 0.29) is 15.8 Å². The number of rotatable bonds is 3. The van der Waals surface area contributed by atoms with Gasteiger partial charge < -0.3 is 4.90 Å². The van der Waals surface area contributed by atoms with Crippen molar-refractivity contribution in [1.82, 2.24) is 4.98 Å². The number of sulfone groups is 1. The number of pyridine rings is 1. The fraction of sp³-hybridized carbons (Fsp3) is 0.286. The van der Waals surface area contributed by atoms with Crippen molar-refractivity contribution >= 4 is 38.0 Å².